The highest BCUT2D eigenvalue weighted by molar-refractivity contribution is 6.04. The number of nitrogens with one attached hydrogen (secondary N) is 1. The second-order valence-electron chi connectivity index (χ2n) is 8.84. The molecule has 0 radical (unpaired) electrons. The van der Waals surface area contributed by atoms with Crippen molar-refractivity contribution in [2.45, 2.75) is 52.7 Å². The average molecular weight is 425 g/mol. The van der Waals surface area contributed by atoms with Crippen molar-refractivity contribution < 1.29 is 23.5 Å². The van der Waals surface area contributed by atoms with Gasteiger partial charge >= 0.3 is 17.7 Å². The van der Waals surface area contributed by atoms with Crippen molar-refractivity contribution in [1.29, 1.82) is 0 Å². The Kier molecular flexibility index (Phi) is 6.34. The topological polar surface area (TPSA) is 94.8 Å². The zero-order valence-electron chi connectivity index (χ0n) is 18.4. The molecule has 3 rings (SSSR count). The lowest BCUT2D eigenvalue weighted by molar-refractivity contribution is -0.137. The monoisotopic (exact) mass is 425 g/mol. The first kappa shape index (κ1) is 22.3. The second-order valence-corrected chi connectivity index (χ2v) is 8.84. The number of rotatable bonds is 5. The minimum absolute atomic E-state index is 0.133. The summed E-state index contributed by atoms with van der Waals surface area (Å²) in [7, 11) is 0. The molecule has 1 amide bonds. The molecule has 0 unspecified atom stereocenters. The summed E-state index contributed by atoms with van der Waals surface area (Å²) >= 11 is 0. The summed E-state index contributed by atoms with van der Waals surface area (Å²) in [4.78, 5) is 37.2. The third-order valence-corrected chi connectivity index (χ3v) is 4.49. The van der Waals surface area contributed by atoms with Gasteiger partial charge in [-0.25, -0.2) is 14.4 Å². The number of amides is 1. The molecule has 31 heavy (non-hydrogen) atoms. The molecular weight excluding hydrogens is 398 g/mol. The van der Waals surface area contributed by atoms with Crippen LogP contribution in [0.15, 0.2) is 51.7 Å². The number of fused-ring (bicyclic) bond motifs is 3. The van der Waals surface area contributed by atoms with Gasteiger partial charge in [-0.3, -0.25) is 0 Å². The lowest BCUT2D eigenvalue weighted by atomic mass is 10.0. The van der Waals surface area contributed by atoms with Crippen LogP contribution in [0.2, 0.25) is 0 Å². The van der Waals surface area contributed by atoms with Crippen molar-refractivity contribution in [1.82, 2.24) is 5.32 Å². The van der Waals surface area contributed by atoms with Crippen LogP contribution in [0.5, 0.6) is 5.75 Å². The lowest BCUT2D eigenvalue weighted by Gasteiger charge is -2.23. The van der Waals surface area contributed by atoms with E-state index in [2.05, 4.69) is 5.32 Å². The van der Waals surface area contributed by atoms with E-state index in [-0.39, 0.29) is 11.7 Å². The molecule has 0 saturated heterocycles. The largest absolute Gasteiger partial charge is 0.444 e. The molecular formula is C24H27NO6. The molecule has 0 bridgehead atoms. The number of carbonyl (C=O) groups is 2. The number of alkyl carbamates (subject to hydrolysis) is 1. The summed E-state index contributed by atoms with van der Waals surface area (Å²) in [6.45, 7) is 9.11. The minimum atomic E-state index is -0.880. The first-order valence-electron chi connectivity index (χ1n) is 10.2. The molecule has 0 aliphatic carbocycles. The van der Waals surface area contributed by atoms with Crippen molar-refractivity contribution >= 4 is 33.8 Å². The fourth-order valence-electron chi connectivity index (χ4n) is 3.25. The molecule has 3 aromatic rings. The van der Waals surface area contributed by atoms with E-state index in [0.29, 0.717) is 17.4 Å². The highest BCUT2D eigenvalue weighted by Gasteiger charge is 2.27. The van der Waals surface area contributed by atoms with Gasteiger partial charge in [0.2, 0.25) is 0 Å². The Morgan fingerprint density at radius 3 is 2.35 bits per heavy atom. The number of ether oxygens (including phenoxy) is 2. The molecule has 0 aliphatic rings. The van der Waals surface area contributed by atoms with E-state index in [0.717, 1.165) is 10.8 Å². The van der Waals surface area contributed by atoms with Crippen LogP contribution in [0.1, 0.15) is 41.0 Å². The van der Waals surface area contributed by atoms with Gasteiger partial charge in [0.15, 0.2) is 0 Å². The van der Waals surface area contributed by atoms with Gasteiger partial charge in [-0.15, -0.1) is 0 Å². The Bertz CT molecular complexity index is 1170. The molecule has 7 nitrogen and oxygen atoms in total. The molecule has 1 atom stereocenters. The number of esters is 1. The fraction of sp³-hybridized carbons (Fsp3) is 0.375. The first-order valence-corrected chi connectivity index (χ1v) is 10.2. The zero-order valence-corrected chi connectivity index (χ0v) is 18.4. The molecule has 1 heterocycles. The standard InChI is InChI=1S/C24H27NO6/c1-14(2)12-19(25-23(28)31-24(3,4)5)22(27)29-15-10-11-17-16-8-6-7-9-18(16)21(26)30-20(17)13-15/h6-11,13-14,19H,12H2,1-5H3,(H,25,28)/t19-/m0/s1. The van der Waals surface area contributed by atoms with Crippen LogP contribution in [0.4, 0.5) is 4.79 Å². The average Bonchev–Trinajstić information content (AvgIpc) is 2.65. The van der Waals surface area contributed by atoms with Gasteiger partial charge in [0.05, 0.1) is 5.39 Å². The summed E-state index contributed by atoms with van der Waals surface area (Å²) in [5.74, 6) is -0.272. The zero-order chi connectivity index (χ0) is 22.8. The third kappa shape index (κ3) is 5.63. The van der Waals surface area contributed by atoms with Crippen molar-refractivity contribution in [2.75, 3.05) is 0 Å². The Labute approximate surface area is 180 Å². The number of hydrogen-bond donors (Lipinski definition) is 1. The maximum atomic E-state index is 12.8. The molecule has 1 aromatic heterocycles. The SMILES string of the molecule is CC(C)C[C@H](NC(=O)OC(C)(C)C)C(=O)Oc1ccc2c(c1)oc(=O)c1ccccc12. The van der Waals surface area contributed by atoms with Gasteiger partial charge in [-0.1, -0.05) is 32.0 Å². The van der Waals surface area contributed by atoms with Crippen LogP contribution in [0.3, 0.4) is 0 Å². The van der Waals surface area contributed by atoms with E-state index < -0.39 is 29.3 Å². The van der Waals surface area contributed by atoms with E-state index in [9.17, 15) is 14.4 Å². The van der Waals surface area contributed by atoms with Crippen LogP contribution in [0, 0.1) is 5.92 Å². The van der Waals surface area contributed by atoms with Gasteiger partial charge < -0.3 is 19.2 Å². The first-order chi connectivity index (χ1) is 14.5. The van der Waals surface area contributed by atoms with Crippen molar-refractivity contribution in [3.63, 3.8) is 0 Å². The summed E-state index contributed by atoms with van der Waals surface area (Å²) in [6, 6.07) is 11.1. The molecule has 2 aromatic carbocycles. The van der Waals surface area contributed by atoms with E-state index in [1.165, 1.54) is 6.07 Å². The lowest BCUT2D eigenvalue weighted by Crippen LogP contribution is -2.45. The predicted octanol–water partition coefficient (Wildman–Crippen LogP) is 4.79. The predicted molar refractivity (Wildman–Crippen MR) is 118 cm³/mol. The smallest absolute Gasteiger partial charge is 0.408 e. The van der Waals surface area contributed by atoms with Crippen molar-refractivity contribution in [2.24, 2.45) is 5.92 Å². The van der Waals surface area contributed by atoms with Gasteiger partial charge in [-0.05, 0) is 56.7 Å². The van der Waals surface area contributed by atoms with Gasteiger partial charge in [0.1, 0.15) is 23.0 Å². The molecule has 1 N–H and O–H groups in total. The second kappa shape index (κ2) is 8.79. The van der Waals surface area contributed by atoms with Crippen molar-refractivity contribution in [3.05, 3.63) is 52.9 Å². The summed E-state index contributed by atoms with van der Waals surface area (Å²) in [6.07, 6.45) is -0.308. The highest BCUT2D eigenvalue weighted by atomic mass is 16.6. The van der Waals surface area contributed by atoms with Crippen LogP contribution >= 0.6 is 0 Å². The number of hydrogen-bond acceptors (Lipinski definition) is 6. The van der Waals surface area contributed by atoms with E-state index in [1.54, 1.807) is 45.0 Å². The van der Waals surface area contributed by atoms with Gasteiger partial charge in [0, 0.05) is 11.5 Å². The van der Waals surface area contributed by atoms with E-state index >= 15 is 0 Å². The van der Waals surface area contributed by atoms with E-state index in [1.807, 2.05) is 26.0 Å². The fourth-order valence-corrected chi connectivity index (χ4v) is 3.25. The summed E-state index contributed by atoms with van der Waals surface area (Å²) in [5.41, 5.74) is -0.833. The normalized spacial score (nSPS) is 12.7. The maximum Gasteiger partial charge on any atom is 0.408 e. The molecule has 7 heteroatoms. The quantitative estimate of drug-likeness (QED) is 0.273. The summed E-state index contributed by atoms with van der Waals surface area (Å²) in [5, 5.41) is 4.57. The van der Waals surface area contributed by atoms with Gasteiger partial charge in [0.25, 0.3) is 0 Å². The molecule has 0 saturated carbocycles. The number of benzene rings is 2. The molecule has 0 aliphatic heterocycles. The molecule has 0 spiro atoms. The van der Waals surface area contributed by atoms with Crippen molar-refractivity contribution in [3.8, 4) is 5.75 Å². The number of carbonyl (C=O) groups excluding carboxylic acids is 2. The van der Waals surface area contributed by atoms with Crippen LogP contribution in [-0.4, -0.2) is 23.7 Å². The Hall–Kier alpha value is -3.35. The van der Waals surface area contributed by atoms with Crippen LogP contribution in [0.25, 0.3) is 21.7 Å². The highest BCUT2D eigenvalue weighted by Crippen LogP contribution is 2.26. The van der Waals surface area contributed by atoms with Crippen LogP contribution < -0.4 is 15.7 Å². The van der Waals surface area contributed by atoms with E-state index in [4.69, 9.17) is 13.9 Å². The maximum absolute atomic E-state index is 12.8. The van der Waals surface area contributed by atoms with Gasteiger partial charge in [-0.2, -0.15) is 0 Å². The minimum Gasteiger partial charge on any atom is -0.444 e. The Morgan fingerprint density at radius 2 is 1.71 bits per heavy atom. The Morgan fingerprint density at radius 1 is 1.03 bits per heavy atom. The summed E-state index contributed by atoms with van der Waals surface area (Å²) < 4.78 is 16.2. The molecule has 0 fully saturated rings. The molecule has 164 valence electrons. The third-order valence-electron chi connectivity index (χ3n) is 4.49. The Balaban J connectivity index is 1.84. The van der Waals surface area contributed by atoms with Crippen LogP contribution in [-0.2, 0) is 9.53 Å².